The van der Waals surface area contributed by atoms with Gasteiger partial charge in [0.2, 0.25) is 10.0 Å². The first-order valence-corrected chi connectivity index (χ1v) is 8.01. The lowest BCUT2D eigenvalue weighted by molar-refractivity contribution is 0.546. The number of pyridine rings is 1. The van der Waals surface area contributed by atoms with Crippen LogP contribution in [0.3, 0.4) is 0 Å². The molecule has 2 rings (SSSR count). The highest BCUT2D eigenvalue weighted by Crippen LogP contribution is 2.18. The van der Waals surface area contributed by atoms with Gasteiger partial charge in [-0.1, -0.05) is 12.0 Å². The van der Waals surface area contributed by atoms with Crippen LogP contribution >= 0.6 is 0 Å². The number of hydrogen-bond donors (Lipinski definition) is 2. The zero-order chi connectivity index (χ0) is 15.3. The Labute approximate surface area is 124 Å². The van der Waals surface area contributed by atoms with Gasteiger partial charge in [0.25, 0.3) is 0 Å². The van der Waals surface area contributed by atoms with Gasteiger partial charge in [-0.05, 0) is 30.5 Å². The first-order chi connectivity index (χ1) is 10.0. The van der Waals surface area contributed by atoms with Crippen molar-refractivity contribution in [1.29, 1.82) is 0 Å². The predicted octanol–water partition coefficient (Wildman–Crippen LogP) is 1.12. The van der Waals surface area contributed by atoms with E-state index in [1.54, 1.807) is 43.6 Å². The molecule has 5 nitrogen and oxygen atoms in total. The Morgan fingerprint density at radius 2 is 2.14 bits per heavy atom. The molecule has 21 heavy (non-hydrogen) atoms. The number of fused-ring (bicyclic) bond motifs is 1. The molecule has 0 saturated carbocycles. The quantitative estimate of drug-likeness (QED) is 0.620. The summed E-state index contributed by atoms with van der Waals surface area (Å²) in [6, 6.07) is 6.50. The van der Waals surface area contributed by atoms with Crippen LogP contribution < -0.4 is 10.0 Å². The molecule has 110 valence electrons. The van der Waals surface area contributed by atoms with E-state index in [1.165, 1.54) is 0 Å². The molecule has 0 aliphatic heterocycles. The minimum atomic E-state index is -3.55. The molecule has 0 aliphatic carbocycles. The molecule has 1 atom stereocenters. The topological polar surface area (TPSA) is 71.1 Å². The molecular formula is C15H17N3O2S. The number of aromatic nitrogens is 1. The molecule has 0 saturated heterocycles. The second-order valence-electron chi connectivity index (χ2n) is 4.74. The van der Waals surface area contributed by atoms with Crippen molar-refractivity contribution in [2.24, 2.45) is 0 Å². The number of nitrogens with one attached hydrogen (secondary N) is 2. The highest BCUT2D eigenvalue weighted by atomic mass is 32.2. The third kappa shape index (κ3) is 4.02. The summed E-state index contributed by atoms with van der Waals surface area (Å²) in [5.41, 5.74) is 0. The Morgan fingerprint density at radius 3 is 2.90 bits per heavy atom. The van der Waals surface area contributed by atoms with Crippen molar-refractivity contribution < 1.29 is 8.42 Å². The Balaban J connectivity index is 2.15. The molecule has 1 aromatic carbocycles. The van der Waals surface area contributed by atoms with Gasteiger partial charge in [-0.15, -0.1) is 6.42 Å². The summed E-state index contributed by atoms with van der Waals surface area (Å²) in [5, 5.41) is 4.71. The summed E-state index contributed by atoms with van der Waals surface area (Å²) in [5.74, 6) is 2.44. The number of nitrogens with zero attached hydrogens (tertiary/aromatic N) is 1. The Bertz CT molecular complexity index is 766. The van der Waals surface area contributed by atoms with Gasteiger partial charge in [0, 0.05) is 30.4 Å². The zero-order valence-corrected chi connectivity index (χ0v) is 12.5. The van der Waals surface area contributed by atoms with Crippen molar-refractivity contribution in [3.05, 3.63) is 36.7 Å². The molecule has 0 amide bonds. The SMILES string of the molecule is C#CCNCC(C)NS(=O)(=O)c1ccc2cnccc2c1. The Kier molecular flexibility index (Phi) is 4.91. The first kappa shape index (κ1) is 15.4. The van der Waals surface area contributed by atoms with Crippen molar-refractivity contribution in [3.8, 4) is 12.3 Å². The fraction of sp³-hybridized carbons (Fsp3) is 0.267. The van der Waals surface area contributed by atoms with Gasteiger partial charge in [0.1, 0.15) is 0 Å². The van der Waals surface area contributed by atoms with Crippen molar-refractivity contribution in [2.75, 3.05) is 13.1 Å². The van der Waals surface area contributed by atoms with Crippen molar-refractivity contribution in [1.82, 2.24) is 15.0 Å². The van der Waals surface area contributed by atoms with Crippen molar-refractivity contribution in [2.45, 2.75) is 17.9 Å². The van der Waals surface area contributed by atoms with Gasteiger partial charge < -0.3 is 5.32 Å². The Hall–Kier alpha value is -1.94. The highest BCUT2D eigenvalue weighted by Gasteiger charge is 2.17. The van der Waals surface area contributed by atoms with E-state index in [1.807, 2.05) is 0 Å². The van der Waals surface area contributed by atoms with Crippen LogP contribution in [0, 0.1) is 12.3 Å². The van der Waals surface area contributed by atoms with Crippen LogP contribution in [0.2, 0.25) is 0 Å². The molecule has 0 fully saturated rings. The fourth-order valence-electron chi connectivity index (χ4n) is 1.96. The standard InChI is InChI=1S/C15H17N3O2S/c1-3-7-16-10-12(2)18-21(19,20)15-5-4-14-11-17-8-6-13(14)9-15/h1,4-6,8-9,11-12,16,18H,7,10H2,2H3. The summed E-state index contributed by atoms with van der Waals surface area (Å²) in [6.45, 7) is 2.67. The number of hydrogen-bond acceptors (Lipinski definition) is 4. The highest BCUT2D eigenvalue weighted by molar-refractivity contribution is 7.89. The van der Waals surface area contributed by atoms with Crippen LogP contribution in [0.5, 0.6) is 0 Å². The molecule has 0 radical (unpaired) electrons. The lowest BCUT2D eigenvalue weighted by atomic mass is 10.2. The largest absolute Gasteiger partial charge is 0.305 e. The maximum absolute atomic E-state index is 12.3. The van der Waals surface area contributed by atoms with Gasteiger partial charge in [0.15, 0.2) is 0 Å². The number of benzene rings is 1. The normalized spacial score (nSPS) is 13.0. The third-order valence-electron chi connectivity index (χ3n) is 2.96. The van der Waals surface area contributed by atoms with Gasteiger partial charge in [-0.2, -0.15) is 0 Å². The average Bonchev–Trinajstić information content (AvgIpc) is 2.46. The molecule has 0 bridgehead atoms. The van der Waals surface area contributed by atoms with E-state index in [4.69, 9.17) is 6.42 Å². The predicted molar refractivity (Wildman–Crippen MR) is 83.2 cm³/mol. The third-order valence-corrected chi connectivity index (χ3v) is 4.54. The van der Waals surface area contributed by atoms with E-state index in [-0.39, 0.29) is 10.9 Å². The van der Waals surface area contributed by atoms with Crippen LogP contribution in [-0.2, 0) is 10.0 Å². The molecule has 1 aromatic heterocycles. The van der Waals surface area contributed by atoms with E-state index >= 15 is 0 Å². The smallest absolute Gasteiger partial charge is 0.240 e. The van der Waals surface area contributed by atoms with E-state index in [0.717, 1.165) is 10.8 Å². The molecular weight excluding hydrogens is 286 g/mol. The summed E-state index contributed by atoms with van der Waals surface area (Å²) in [4.78, 5) is 4.25. The number of sulfonamides is 1. The van der Waals surface area contributed by atoms with Crippen LogP contribution in [0.1, 0.15) is 6.92 Å². The molecule has 6 heteroatoms. The molecule has 2 N–H and O–H groups in total. The van der Waals surface area contributed by atoms with Crippen LogP contribution in [0.4, 0.5) is 0 Å². The molecule has 1 unspecified atom stereocenters. The second-order valence-corrected chi connectivity index (χ2v) is 6.46. The van der Waals surface area contributed by atoms with Gasteiger partial charge in [-0.25, -0.2) is 13.1 Å². The van der Waals surface area contributed by atoms with E-state index < -0.39 is 10.0 Å². The molecule has 2 aromatic rings. The first-order valence-electron chi connectivity index (χ1n) is 6.53. The summed E-state index contributed by atoms with van der Waals surface area (Å²) >= 11 is 0. The maximum Gasteiger partial charge on any atom is 0.240 e. The number of terminal acetylenes is 1. The average molecular weight is 303 g/mol. The van der Waals surface area contributed by atoms with E-state index in [9.17, 15) is 8.42 Å². The van der Waals surface area contributed by atoms with Crippen molar-refractivity contribution >= 4 is 20.8 Å². The summed E-state index contributed by atoms with van der Waals surface area (Å²) in [6.07, 6.45) is 8.47. The van der Waals surface area contributed by atoms with Gasteiger partial charge in [-0.3, -0.25) is 4.98 Å². The van der Waals surface area contributed by atoms with Gasteiger partial charge >= 0.3 is 0 Å². The summed E-state index contributed by atoms with van der Waals surface area (Å²) in [7, 11) is -3.55. The lowest BCUT2D eigenvalue weighted by Gasteiger charge is -2.14. The van der Waals surface area contributed by atoms with Crippen LogP contribution in [0.15, 0.2) is 41.6 Å². The molecule has 0 spiro atoms. The maximum atomic E-state index is 12.3. The van der Waals surface area contributed by atoms with Crippen LogP contribution in [0.25, 0.3) is 10.8 Å². The monoisotopic (exact) mass is 303 g/mol. The van der Waals surface area contributed by atoms with E-state index in [0.29, 0.717) is 13.1 Å². The summed E-state index contributed by atoms with van der Waals surface area (Å²) < 4.78 is 27.3. The van der Waals surface area contributed by atoms with Crippen LogP contribution in [-0.4, -0.2) is 32.5 Å². The number of rotatable bonds is 6. The van der Waals surface area contributed by atoms with Crippen molar-refractivity contribution in [3.63, 3.8) is 0 Å². The minimum absolute atomic E-state index is 0.241. The molecule has 1 heterocycles. The second kappa shape index (κ2) is 6.68. The van der Waals surface area contributed by atoms with Gasteiger partial charge in [0.05, 0.1) is 11.4 Å². The molecule has 0 aliphatic rings. The van der Waals surface area contributed by atoms with E-state index in [2.05, 4.69) is 20.9 Å². The zero-order valence-electron chi connectivity index (χ0n) is 11.7. The minimum Gasteiger partial charge on any atom is -0.305 e. The lowest BCUT2D eigenvalue weighted by Crippen LogP contribution is -2.40. The Morgan fingerprint density at radius 1 is 1.33 bits per heavy atom. The fourth-order valence-corrected chi connectivity index (χ4v) is 3.24.